The molecule has 110 valence electrons. The number of morpholine rings is 1. The van der Waals surface area contributed by atoms with Crippen molar-refractivity contribution in [2.45, 2.75) is 31.9 Å². The number of nitrogens with zero attached hydrogens (tertiary/aromatic N) is 1. The number of hydrogen-bond acceptors (Lipinski definition) is 3. The first-order valence-corrected chi connectivity index (χ1v) is 6.89. The maximum absolute atomic E-state index is 13.2. The molecule has 5 heteroatoms. The minimum absolute atomic E-state index is 0.0560. The third kappa shape index (κ3) is 3.77. The number of halogens is 1. The minimum Gasteiger partial charge on any atom is -0.364 e. The minimum atomic E-state index is -0.361. The van der Waals surface area contributed by atoms with Gasteiger partial charge < -0.3 is 15.4 Å². The second kappa shape index (κ2) is 6.33. The lowest BCUT2D eigenvalue weighted by molar-refractivity contribution is -0.163. The Morgan fingerprint density at radius 3 is 3.00 bits per heavy atom. The van der Waals surface area contributed by atoms with Gasteiger partial charge in [0.15, 0.2) is 0 Å². The Bertz CT molecular complexity index is 481. The van der Waals surface area contributed by atoms with Crippen LogP contribution in [0.2, 0.25) is 0 Å². The van der Waals surface area contributed by atoms with Gasteiger partial charge in [-0.05, 0) is 44.0 Å². The van der Waals surface area contributed by atoms with Crippen molar-refractivity contribution in [3.63, 3.8) is 0 Å². The molecule has 0 aromatic heterocycles. The molecule has 1 saturated heterocycles. The number of benzene rings is 1. The van der Waals surface area contributed by atoms with E-state index in [1.807, 2.05) is 13.0 Å². The molecule has 0 saturated carbocycles. The molecular formula is C15H21FN2O2. The van der Waals surface area contributed by atoms with Crippen LogP contribution in [0, 0.1) is 5.82 Å². The average Bonchev–Trinajstić information content (AvgIpc) is 2.41. The number of hydrogen-bond donors (Lipinski definition) is 1. The van der Waals surface area contributed by atoms with Crippen LogP contribution in [0.25, 0.3) is 0 Å². The molecule has 0 radical (unpaired) electrons. The van der Waals surface area contributed by atoms with E-state index in [0.29, 0.717) is 19.6 Å². The largest absolute Gasteiger partial charge is 0.364 e. The third-order valence-electron chi connectivity index (χ3n) is 3.59. The van der Waals surface area contributed by atoms with Crippen molar-refractivity contribution in [3.8, 4) is 0 Å². The number of carbonyl (C=O) groups excluding carboxylic acids is 1. The molecule has 1 aromatic carbocycles. The highest BCUT2D eigenvalue weighted by atomic mass is 19.1. The summed E-state index contributed by atoms with van der Waals surface area (Å²) in [6.07, 6.45) is 1.68. The topological polar surface area (TPSA) is 55.6 Å². The van der Waals surface area contributed by atoms with Gasteiger partial charge in [0.2, 0.25) is 5.91 Å². The highest BCUT2D eigenvalue weighted by molar-refractivity contribution is 5.78. The highest BCUT2D eigenvalue weighted by Gasteiger charge is 2.35. The van der Waals surface area contributed by atoms with Crippen LogP contribution in [0.1, 0.15) is 25.3 Å². The Labute approximate surface area is 118 Å². The van der Waals surface area contributed by atoms with Crippen LogP contribution in [0.5, 0.6) is 0 Å². The van der Waals surface area contributed by atoms with E-state index in [0.717, 1.165) is 18.4 Å². The smallest absolute Gasteiger partial charge is 0.248 e. The molecule has 1 fully saturated rings. The predicted molar refractivity (Wildman–Crippen MR) is 74.5 cm³/mol. The summed E-state index contributed by atoms with van der Waals surface area (Å²) in [7, 11) is 0. The normalized spacial score (nSPS) is 23.1. The zero-order valence-corrected chi connectivity index (χ0v) is 11.8. The van der Waals surface area contributed by atoms with E-state index < -0.39 is 0 Å². The fourth-order valence-corrected chi connectivity index (χ4v) is 2.49. The summed E-state index contributed by atoms with van der Waals surface area (Å²) in [5, 5.41) is 0. The average molecular weight is 280 g/mol. The van der Waals surface area contributed by atoms with Gasteiger partial charge in [0, 0.05) is 13.1 Å². The summed E-state index contributed by atoms with van der Waals surface area (Å²) in [6.45, 7) is 3.61. The first kappa shape index (κ1) is 14.9. The summed E-state index contributed by atoms with van der Waals surface area (Å²) in [6, 6.07) is 6.34. The molecule has 4 nitrogen and oxygen atoms in total. The molecule has 1 aliphatic heterocycles. The fraction of sp³-hybridized carbons (Fsp3) is 0.533. The number of amides is 1. The van der Waals surface area contributed by atoms with Gasteiger partial charge >= 0.3 is 0 Å². The zero-order chi connectivity index (χ0) is 14.6. The molecule has 1 aliphatic rings. The molecule has 20 heavy (non-hydrogen) atoms. The highest BCUT2D eigenvalue weighted by Crippen LogP contribution is 2.24. The van der Waals surface area contributed by atoms with E-state index in [2.05, 4.69) is 0 Å². The summed E-state index contributed by atoms with van der Waals surface area (Å²) in [5.74, 6) is -0.339. The summed E-state index contributed by atoms with van der Waals surface area (Å²) >= 11 is 0. The van der Waals surface area contributed by atoms with E-state index in [-0.39, 0.29) is 23.9 Å². The van der Waals surface area contributed by atoms with Crippen molar-refractivity contribution < 1.29 is 13.9 Å². The Hall–Kier alpha value is -1.46. The number of ether oxygens (including phenoxy) is 1. The quantitative estimate of drug-likeness (QED) is 0.893. The molecule has 1 heterocycles. The van der Waals surface area contributed by atoms with Gasteiger partial charge in [-0.15, -0.1) is 0 Å². The van der Waals surface area contributed by atoms with Gasteiger partial charge in [-0.2, -0.15) is 0 Å². The van der Waals surface area contributed by atoms with Crippen molar-refractivity contribution in [3.05, 3.63) is 35.6 Å². The first-order valence-electron chi connectivity index (χ1n) is 6.89. The van der Waals surface area contributed by atoms with Crippen LogP contribution in [-0.2, 0) is 16.1 Å². The number of nitrogens with two attached hydrogens (primary N) is 1. The van der Waals surface area contributed by atoms with Gasteiger partial charge in [-0.1, -0.05) is 12.1 Å². The Kier molecular flexibility index (Phi) is 4.73. The van der Waals surface area contributed by atoms with Crippen molar-refractivity contribution in [1.82, 2.24) is 4.90 Å². The Morgan fingerprint density at radius 1 is 1.50 bits per heavy atom. The predicted octanol–water partition coefficient (Wildman–Crippen LogP) is 1.68. The second-order valence-electron chi connectivity index (χ2n) is 5.51. The van der Waals surface area contributed by atoms with Crippen molar-refractivity contribution in [2.75, 3.05) is 19.7 Å². The Morgan fingerprint density at radius 2 is 2.30 bits per heavy atom. The van der Waals surface area contributed by atoms with Gasteiger partial charge in [0.05, 0.1) is 5.60 Å². The van der Waals surface area contributed by atoms with Crippen molar-refractivity contribution >= 4 is 5.91 Å². The van der Waals surface area contributed by atoms with Crippen LogP contribution in [0.4, 0.5) is 4.39 Å². The van der Waals surface area contributed by atoms with Crippen molar-refractivity contribution in [2.24, 2.45) is 5.73 Å². The Balaban J connectivity index is 2.03. The summed E-state index contributed by atoms with van der Waals surface area (Å²) < 4.78 is 18.8. The molecule has 1 amide bonds. The van der Waals surface area contributed by atoms with E-state index in [9.17, 15) is 9.18 Å². The van der Waals surface area contributed by atoms with Crippen LogP contribution in [0.15, 0.2) is 24.3 Å². The van der Waals surface area contributed by atoms with Crippen LogP contribution in [0.3, 0.4) is 0 Å². The van der Waals surface area contributed by atoms with Crippen LogP contribution >= 0.6 is 0 Å². The molecule has 2 rings (SSSR count). The second-order valence-corrected chi connectivity index (χ2v) is 5.51. The van der Waals surface area contributed by atoms with Crippen LogP contribution < -0.4 is 5.73 Å². The summed E-state index contributed by atoms with van der Waals surface area (Å²) in [5.41, 5.74) is 5.96. The number of carbonyl (C=O) groups is 1. The van der Waals surface area contributed by atoms with Gasteiger partial charge in [-0.25, -0.2) is 4.39 Å². The zero-order valence-electron chi connectivity index (χ0n) is 11.8. The SMILES string of the molecule is CC1(CCCN)CN(Cc2cccc(F)c2)C(=O)CO1. The van der Waals surface area contributed by atoms with Crippen LogP contribution in [-0.4, -0.2) is 36.1 Å². The molecule has 1 aromatic rings. The van der Waals surface area contributed by atoms with E-state index in [1.165, 1.54) is 12.1 Å². The lowest BCUT2D eigenvalue weighted by atomic mass is 9.97. The van der Waals surface area contributed by atoms with E-state index in [1.54, 1.807) is 11.0 Å². The monoisotopic (exact) mass is 280 g/mol. The van der Waals surface area contributed by atoms with Gasteiger partial charge in [-0.3, -0.25) is 4.79 Å². The molecular weight excluding hydrogens is 259 g/mol. The molecule has 0 aliphatic carbocycles. The van der Waals surface area contributed by atoms with Gasteiger partial charge in [0.1, 0.15) is 12.4 Å². The maximum atomic E-state index is 13.2. The molecule has 2 N–H and O–H groups in total. The first-order chi connectivity index (χ1) is 9.52. The van der Waals surface area contributed by atoms with Crippen molar-refractivity contribution in [1.29, 1.82) is 0 Å². The number of rotatable bonds is 5. The molecule has 0 bridgehead atoms. The van der Waals surface area contributed by atoms with Gasteiger partial charge in [0.25, 0.3) is 0 Å². The lowest BCUT2D eigenvalue weighted by Gasteiger charge is -2.40. The lowest BCUT2D eigenvalue weighted by Crippen LogP contribution is -2.52. The fourth-order valence-electron chi connectivity index (χ4n) is 2.49. The molecule has 0 spiro atoms. The molecule has 1 atom stereocenters. The van der Waals surface area contributed by atoms with E-state index in [4.69, 9.17) is 10.5 Å². The summed E-state index contributed by atoms with van der Waals surface area (Å²) in [4.78, 5) is 13.7. The maximum Gasteiger partial charge on any atom is 0.248 e. The standard InChI is InChI=1S/C15H21FN2O2/c1-15(6-3-7-17)11-18(14(19)10-20-15)9-12-4-2-5-13(16)8-12/h2,4-5,8H,3,6-7,9-11,17H2,1H3. The molecule has 1 unspecified atom stereocenters. The third-order valence-corrected chi connectivity index (χ3v) is 3.59. The van der Waals surface area contributed by atoms with E-state index >= 15 is 0 Å².